The van der Waals surface area contributed by atoms with Gasteiger partial charge in [0.05, 0.1) is 25.7 Å². The first-order valence-electron chi connectivity index (χ1n) is 3.33. The summed E-state index contributed by atoms with van der Waals surface area (Å²) in [5, 5.41) is 0. The van der Waals surface area contributed by atoms with Crippen LogP contribution >= 0.6 is 0 Å². The van der Waals surface area contributed by atoms with Gasteiger partial charge in [0, 0.05) is 12.8 Å². The third-order valence-corrected chi connectivity index (χ3v) is 1.59. The average Bonchev–Trinajstić information content (AvgIpc) is 2.05. The van der Waals surface area contributed by atoms with E-state index in [9.17, 15) is 0 Å². The van der Waals surface area contributed by atoms with Crippen molar-refractivity contribution < 1.29 is 9.47 Å². The lowest BCUT2D eigenvalue weighted by molar-refractivity contribution is 0.257. The predicted octanol–water partition coefficient (Wildman–Crippen LogP) is 1.84. The summed E-state index contributed by atoms with van der Waals surface area (Å²) < 4.78 is 10.1. The van der Waals surface area contributed by atoms with E-state index in [4.69, 9.17) is 9.47 Å². The van der Waals surface area contributed by atoms with Crippen LogP contribution in [-0.2, 0) is 9.47 Å². The van der Waals surface area contributed by atoms with Gasteiger partial charge in [0.25, 0.3) is 0 Å². The minimum absolute atomic E-state index is 0.861. The van der Waals surface area contributed by atoms with E-state index in [0.717, 1.165) is 24.4 Å². The van der Waals surface area contributed by atoms with Gasteiger partial charge in [-0.1, -0.05) is 0 Å². The van der Waals surface area contributed by atoms with E-state index in [1.807, 2.05) is 12.2 Å². The van der Waals surface area contributed by atoms with Gasteiger partial charge in [0.1, 0.15) is 0 Å². The molecule has 1 aliphatic carbocycles. The van der Waals surface area contributed by atoms with Gasteiger partial charge in [-0.05, 0) is 12.2 Å². The van der Waals surface area contributed by atoms with Crippen molar-refractivity contribution in [2.45, 2.75) is 12.8 Å². The molecule has 0 aliphatic heterocycles. The van der Waals surface area contributed by atoms with Crippen molar-refractivity contribution in [2.75, 3.05) is 14.2 Å². The Morgan fingerprint density at radius 1 is 1.00 bits per heavy atom. The molecule has 1 aliphatic rings. The molecule has 0 amide bonds. The van der Waals surface area contributed by atoms with Crippen LogP contribution in [0, 0.1) is 0 Å². The van der Waals surface area contributed by atoms with Crippen LogP contribution in [0.4, 0.5) is 0 Å². The van der Waals surface area contributed by atoms with Crippen molar-refractivity contribution in [3.05, 3.63) is 23.7 Å². The normalized spacial score (nSPS) is 17.4. The van der Waals surface area contributed by atoms with E-state index in [-0.39, 0.29) is 0 Å². The van der Waals surface area contributed by atoms with E-state index in [0.29, 0.717) is 0 Å². The second-order valence-electron chi connectivity index (χ2n) is 2.16. The highest BCUT2D eigenvalue weighted by atomic mass is 16.5. The quantitative estimate of drug-likeness (QED) is 0.582. The molecular formula is C8H12O2. The minimum atomic E-state index is 0.861. The first-order chi connectivity index (χ1) is 4.86. The van der Waals surface area contributed by atoms with Crippen molar-refractivity contribution in [1.29, 1.82) is 0 Å². The molecule has 0 N–H and O–H groups in total. The topological polar surface area (TPSA) is 18.5 Å². The smallest absolute Gasteiger partial charge is 0.0959 e. The van der Waals surface area contributed by atoms with Crippen molar-refractivity contribution in [2.24, 2.45) is 0 Å². The van der Waals surface area contributed by atoms with Crippen molar-refractivity contribution in [3.63, 3.8) is 0 Å². The van der Waals surface area contributed by atoms with Gasteiger partial charge in [-0.25, -0.2) is 0 Å². The van der Waals surface area contributed by atoms with Crippen molar-refractivity contribution in [3.8, 4) is 0 Å². The summed E-state index contributed by atoms with van der Waals surface area (Å²) in [6, 6.07) is 0. The number of hydrogen-bond donors (Lipinski definition) is 0. The Labute approximate surface area is 61.1 Å². The maximum Gasteiger partial charge on any atom is 0.0959 e. The molecule has 0 aromatic heterocycles. The number of rotatable bonds is 2. The summed E-state index contributed by atoms with van der Waals surface area (Å²) in [6.45, 7) is 0. The Hall–Kier alpha value is -0.920. The van der Waals surface area contributed by atoms with Crippen LogP contribution in [0.3, 0.4) is 0 Å². The van der Waals surface area contributed by atoms with Crippen LogP contribution < -0.4 is 0 Å². The molecule has 0 heterocycles. The highest BCUT2D eigenvalue weighted by Gasteiger charge is 2.03. The lowest BCUT2D eigenvalue weighted by Gasteiger charge is -2.11. The van der Waals surface area contributed by atoms with Crippen LogP contribution in [0.1, 0.15) is 12.8 Å². The zero-order valence-electron chi connectivity index (χ0n) is 6.39. The molecule has 2 heteroatoms. The van der Waals surface area contributed by atoms with E-state index in [1.165, 1.54) is 0 Å². The standard InChI is InChI=1S/C8H12O2/c1-9-7-3-5-8(10-2)6-4-7/h3,6H,4-5H2,1-2H3. The molecule has 56 valence electrons. The minimum Gasteiger partial charge on any atom is -0.501 e. The van der Waals surface area contributed by atoms with E-state index < -0.39 is 0 Å². The number of allylic oxidation sites excluding steroid dienone is 2. The highest BCUT2D eigenvalue weighted by molar-refractivity contribution is 5.13. The van der Waals surface area contributed by atoms with Crippen LogP contribution in [-0.4, -0.2) is 14.2 Å². The third-order valence-electron chi connectivity index (χ3n) is 1.59. The SMILES string of the molecule is COC1=CCC(OC)=CC1. The van der Waals surface area contributed by atoms with Crippen molar-refractivity contribution >= 4 is 0 Å². The molecule has 2 nitrogen and oxygen atoms in total. The Balaban J connectivity index is 2.45. The lowest BCUT2D eigenvalue weighted by atomic mass is 10.1. The molecule has 0 aromatic rings. The zero-order valence-corrected chi connectivity index (χ0v) is 6.39. The fourth-order valence-corrected chi connectivity index (χ4v) is 0.929. The fourth-order valence-electron chi connectivity index (χ4n) is 0.929. The van der Waals surface area contributed by atoms with Gasteiger partial charge in [-0.15, -0.1) is 0 Å². The molecule has 0 bridgehead atoms. The summed E-state index contributed by atoms with van der Waals surface area (Å²) in [5.74, 6) is 2.06. The Morgan fingerprint density at radius 3 is 1.60 bits per heavy atom. The van der Waals surface area contributed by atoms with Crippen LogP contribution in [0.15, 0.2) is 23.7 Å². The molecule has 0 aromatic carbocycles. The molecule has 0 saturated heterocycles. The molecule has 0 atom stereocenters. The summed E-state index contributed by atoms with van der Waals surface area (Å²) >= 11 is 0. The second-order valence-corrected chi connectivity index (χ2v) is 2.16. The number of hydrogen-bond acceptors (Lipinski definition) is 2. The monoisotopic (exact) mass is 140 g/mol. The summed E-state index contributed by atoms with van der Waals surface area (Å²) in [4.78, 5) is 0. The molecule has 10 heavy (non-hydrogen) atoms. The lowest BCUT2D eigenvalue weighted by Crippen LogP contribution is -1.95. The van der Waals surface area contributed by atoms with Crippen molar-refractivity contribution in [1.82, 2.24) is 0 Å². The molecular weight excluding hydrogens is 128 g/mol. The van der Waals surface area contributed by atoms with E-state index >= 15 is 0 Å². The molecule has 0 unspecified atom stereocenters. The maximum atomic E-state index is 5.04. The maximum absolute atomic E-state index is 5.04. The molecule has 0 saturated carbocycles. The Bertz CT molecular complexity index is 148. The van der Waals surface area contributed by atoms with Crippen LogP contribution in [0.25, 0.3) is 0 Å². The summed E-state index contributed by atoms with van der Waals surface area (Å²) in [6.07, 6.45) is 5.80. The summed E-state index contributed by atoms with van der Waals surface area (Å²) in [5.41, 5.74) is 0. The first-order valence-corrected chi connectivity index (χ1v) is 3.33. The number of methoxy groups -OCH3 is 2. The van der Waals surface area contributed by atoms with E-state index in [1.54, 1.807) is 14.2 Å². The second kappa shape index (κ2) is 3.30. The average molecular weight is 140 g/mol. The first kappa shape index (κ1) is 7.19. The molecule has 0 spiro atoms. The largest absolute Gasteiger partial charge is 0.501 e. The number of ether oxygens (including phenoxy) is 2. The molecule has 1 rings (SSSR count). The molecule has 0 radical (unpaired) electrons. The van der Waals surface area contributed by atoms with Gasteiger partial charge in [-0.2, -0.15) is 0 Å². The van der Waals surface area contributed by atoms with Gasteiger partial charge < -0.3 is 9.47 Å². The van der Waals surface area contributed by atoms with Crippen LogP contribution in [0.2, 0.25) is 0 Å². The van der Waals surface area contributed by atoms with Gasteiger partial charge >= 0.3 is 0 Å². The van der Waals surface area contributed by atoms with Crippen LogP contribution in [0.5, 0.6) is 0 Å². The predicted molar refractivity (Wildman–Crippen MR) is 39.4 cm³/mol. The summed E-state index contributed by atoms with van der Waals surface area (Å²) in [7, 11) is 3.38. The Morgan fingerprint density at radius 2 is 1.40 bits per heavy atom. The zero-order chi connectivity index (χ0) is 7.40. The molecule has 0 fully saturated rings. The highest BCUT2D eigenvalue weighted by Crippen LogP contribution is 2.17. The third kappa shape index (κ3) is 1.53. The van der Waals surface area contributed by atoms with Gasteiger partial charge in [0.15, 0.2) is 0 Å². The Kier molecular flexibility index (Phi) is 2.37. The van der Waals surface area contributed by atoms with Gasteiger partial charge in [0.2, 0.25) is 0 Å². The van der Waals surface area contributed by atoms with Gasteiger partial charge in [-0.3, -0.25) is 0 Å². The van der Waals surface area contributed by atoms with E-state index in [2.05, 4.69) is 0 Å². The fraction of sp³-hybridized carbons (Fsp3) is 0.500.